The van der Waals surface area contributed by atoms with E-state index in [1.54, 1.807) is 6.08 Å². The summed E-state index contributed by atoms with van der Waals surface area (Å²) in [6, 6.07) is 4.00. The molecule has 0 bridgehead atoms. The fraction of sp³-hybridized carbons (Fsp3) is 0.231. The minimum Gasteiger partial charge on any atom is -0.384 e. The van der Waals surface area contributed by atoms with Gasteiger partial charge in [-0.15, -0.1) is 6.58 Å². The molecule has 1 heteroatoms. The van der Waals surface area contributed by atoms with Crippen LogP contribution in [0, 0.1) is 13.8 Å². The van der Waals surface area contributed by atoms with Crippen LogP contribution in [-0.2, 0) is 0 Å². The van der Waals surface area contributed by atoms with E-state index in [-0.39, 0.29) is 0 Å². The third kappa shape index (κ3) is 1.78. The van der Waals surface area contributed by atoms with Crippen LogP contribution in [-0.4, -0.2) is 5.11 Å². The lowest BCUT2D eigenvalue weighted by Gasteiger charge is -2.15. The van der Waals surface area contributed by atoms with E-state index in [0.29, 0.717) is 0 Å². The Hall–Kier alpha value is -1.34. The van der Waals surface area contributed by atoms with E-state index in [4.69, 9.17) is 0 Å². The van der Waals surface area contributed by atoms with Crippen LogP contribution in [0.1, 0.15) is 28.4 Å². The highest BCUT2D eigenvalue weighted by molar-refractivity contribution is 5.57. The van der Waals surface area contributed by atoms with Crippen molar-refractivity contribution in [3.63, 3.8) is 0 Å². The molecule has 14 heavy (non-hydrogen) atoms. The number of aliphatic hydroxyl groups excluding tert-OH is 1. The zero-order valence-electron chi connectivity index (χ0n) is 8.75. The number of rotatable bonds is 3. The highest BCUT2D eigenvalue weighted by Crippen LogP contribution is 2.26. The predicted octanol–water partition coefficient (Wildman–Crippen LogP) is 3.17. The first-order valence-electron chi connectivity index (χ1n) is 4.65. The van der Waals surface area contributed by atoms with E-state index in [1.807, 2.05) is 26.0 Å². The highest BCUT2D eigenvalue weighted by Gasteiger charge is 2.11. The van der Waals surface area contributed by atoms with Crippen LogP contribution >= 0.6 is 0 Å². The maximum absolute atomic E-state index is 9.78. The summed E-state index contributed by atoms with van der Waals surface area (Å²) in [4.78, 5) is 0. The molecule has 1 aromatic carbocycles. The Kier molecular flexibility index (Phi) is 3.26. The smallest absolute Gasteiger partial charge is 0.0977 e. The summed E-state index contributed by atoms with van der Waals surface area (Å²) in [6.45, 7) is 11.4. The fourth-order valence-electron chi connectivity index (χ4n) is 1.55. The Morgan fingerprint density at radius 3 is 2.43 bits per heavy atom. The summed E-state index contributed by atoms with van der Waals surface area (Å²) < 4.78 is 0. The van der Waals surface area contributed by atoms with Crippen molar-refractivity contribution in [1.82, 2.24) is 0 Å². The molecular weight excluding hydrogens is 172 g/mol. The summed E-state index contributed by atoms with van der Waals surface area (Å²) in [6.07, 6.45) is 2.69. The Labute approximate surface area is 85.4 Å². The molecule has 0 amide bonds. The summed E-state index contributed by atoms with van der Waals surface area (Å²) in [7, 11) is 0. The van der Waals surface area contributed by atoms with Gasteiger partial charge < -0.3 is 5.11 Å². The molecule has 0 aliphatic heterocycles. The van der Waals surface area contributed by atoms with Gasteiger partial charge in [-0.3, -0.25) is 0 Å². The Morgan fingerprint density at radius 2 is 1.93 bits per heavy atom. The van der Waals surface area contributed by atoms with Crippen molar-refractivity contribution in [2.75, 3.05) is 0 Å². The van der Waals surface area contributed by atoms with Gasteiger partial charge in [-0.05, 0) is 36.1 Å². The molecular formula is C13H16O. The largest absolute Gasteiger partial charge is 0.384 e. The first kappa shape index (κ1) is 10.7. The quantitative estimate of drug-likeness (QED) is 0.722. The summed E-state index contributed by atoms with van der Waals surface area (Å²) >= 11 is 0. The van der Waals surface area contributed by atoms with Crippen LogP contribution in [0.25, 0.3) is 6.08 Å². The summed E-state index contributed by atoms with van der Waals surface area (Å²) in [5.74, 6) is 0. The second kappa shape index (κ2) is 4.25. The van der Waals surface area contributed by atoms with Crippen molar-refractivity contribution in [2.45, 2.75) is 20.0 Å². The van der Waals surface area contributed by atoms with E-state index >= 15 is 0 Å². The molecule has 0 aromatic heterocycles. The molecule has 1 atom stereocenters. The van der Waals surface area contributed by atoms with Gasteiger partial charge in [0.15, 0.2) is 0 Å². The Morgan fingerprint density at radius 1 is 1.29 bits per heavy atom. The van der Waals surface area contributed by atoms with Crippen molar-refractivity contribution < 1.29 is 5.11 Å². The van der Waals surface area contributed by atoms with Gasteiger partial charge in [0.05, 0.1) is 6.10 Å². The monoisotopic (exact) mass is 188 g/mol. The molecule has 0 heterocycles. The molecule has 0 radical (unpaired) electrons. The predicted molar refractivity (Wildman–Crippen MR) is 61.2 cm³/mol. The molecule has 1 nitrogen and oxygen atoms in total. The molecule has 0 saturated carbocycles. The lowest BCUT2D eigenvalue weighted by Crippen LogP contribution is -2.01. The molecule has 0 spiro atoms. The molecule has 74 valence electrons. The zero-order valence-corrected chi connectivity index (χ0v) is 8.75. The molecule has 1 aromatic rings. The van der Waals surface area contributed by atoms with Crippen molar-refractivity contribution in [2.24, 2.45) is 0 Å². The minimum absolute atomic E-state index is 0.608. The topological polar surface area (TPSA) is 20.2 Å². The number of aryl methyl sites for hydroxylation is 1. The van der Waals surface area contributed by atoms with Crippen LogP contribution in [0.2, 0.25) is 0 Å². The average Bonchev–Trinajstić information content (AvgIpc) is 2.20. The lowest BCUT2D eigenvalue weighted by atomic mass is 9.93. The zero-order chi connectivity index (χ0) is 10.7. The molecule has 0 saturated heterocycles. The van der Waals surface area contributed by atoms with Crippen molar-refractivity contribution in [1.29, 1.82) is 0 Å². The standard InChI is InChI=1S/C13H16O/c1-5-11-8-7-9(3)10(4)13(11)12(14)6-2/h5-8,12,14H,1-2H2,3-4H3. The van der Waals surface area contributed by atoms with Crippen molar-refractivity contribution >= 4 is 6.08 Å². The molecule has 0 aliphatic rings. The van der Waals surface area contributed by atoms with E-state index in [1.165, 1.54) is 11.6 Å². The highest BCUT2D eigenvalue weighted by atomic mass is 16.3. The molecule has 1 rings (SSSR count). The van der Waals surface area contributed by atoms with E-state index in [0.717, 1.165) is 16.7 Å². The van der Waals surface area contributed by atoms with Gasteiger partial charge in [0.1, 0.15) is 0 Å². The second-order valence-corrected chi connectivity index (χ2v) is 3.40. The maximum atomic E-state index is 9.78. The van der Waals surface area contributed by atoms with Crippen LogP contribution in [0.3, 0.4) is 0 Å². The summed E-state index contributed by atoms with van der Waals surface area (Å²) in [5, 5.41) is 9.78. The number of hydrogen-bond acceptors (Lipinski definition) is 1. The number of hydrogen-bond donors (Lipinski definition) is 1. The van der Waals surface area contributed by atoms with E-state index < -0.39 is 6.10 Å². The minimum atomic E-state index is -0.608. The van der Waals surface area contributed by atoms with Gasteiger partial charge in [-0.25, -0.2) is 0 Å². The third-order valence-corrected chi connectivity index (χ3v) is 2.56. The Bertz CT molecular complexity index is 364. The van der Waals surface area contributed by atoms with Gasteiger partial charge in [-0.1, -0.05) is 30.9 Å². The maximum Gasteiger partial charge on any atom is 0.0977 e. The van der Waals surface area contributed by atoms with Crippen molar-refractivity contribution in [3.05, 3.63) is 53.6 Å². The average molecular weight is 188 g/mol. The molecule has 0 fully saturated rings. The third-order valence-electron chi connectivity index (χ3n) is 2.56. The molecule has 1 N–H and O–H groups in total. The van der Waals surface area contributed by atoms with Gasteiger partial charge >= 0.3 is 0 Å². The van der Waals surface area contributed by atoms with Gasteiger partial charge in [-0.2, -0.15) is 0 Å². The van der Waals surface area contributed by atoms with E-state index in [2.05, 4.69) is 13.2 Å². The van der Waals surface area contributed by atoms with Crippen LogP contribution in [0.4, 0.5) is 0 Å². The summed E-state index contributed by atoms with van der Waals surface area (Å²) in [5.41, 5.74) is 4.16. The molecule has 1 unspecified atom stereocenters. The number of benzene rings is 1. The van der Waals surface area contributed by atoms with Gasteiger partial charge in [0.25, 0.3) is 0 Å². The van der Waals surface area contributed by atoms with Crippen LogP contribution in [0.15, 0.2) is 31.4 Å². The van der Waals surface area contributed by atoms with Crippen LogP contribution < -0.4 is 0 Å². The van der Waals surface area contributed by atoms with Gasteiger partial charge in [0.2, 0.25) is 0 Å². The normalized spacial score (nSPS) is 12.2. The SMILES string of the molecule is C=Cc1ccc(C)c(C)c1C(O)C=C. The second-order valence-electron chi connectivity index (χ2n) is 3.40. The fourth-order valence-corrected chi connectivity index (χ4v) is 1.55. The molecule has 0 aliphatic carbocycles. The van der Waals surface area contributed by atoms with Gasteiger partial charge in [0, 0.05) is 0 Å². The lowest BCUT2D eigenvalue weighted by molar-refractivity contribution is 0.228. The van der Waals surface area contributed by atoms with Crippen molar-refractivity contribution in [3.8, 4) is 0 Å². The Balaban J connectivity index is 3.42. The first-order chi connectivity index (χ1) is 6.61. The van der Waals surface area contributed by atoms with Crippen LogP contribution in [0.5, 0.6) is 0 Å². The van der Waals surface area contributed by atoms with E-state index in [9.17, 15) is 5.11 Å². The number of aliphatic hydroxyl groups is 1. The first-order valence-corrected chi connectivity index (χ1v) is 4.65.